The average Bonchev–Trinajstić information content (AvgIpc) is 2.36. The van der Waals surface area contributed by atoms with Gasteiger partial charge in [-0.05, 0) is 23.5 Å². The van der Waals surface area contributed by atoms with Gasteiger partial charge in [0.05, 0.1) is 5.75 Å². The lowest BCUT2D eigenvalue weighted by atomic mass is 10.1. The average molecular weight is 284 g/mol. The van der Waals surface area contributed by atoms with Gasteiger partial charge in [0, 0.05) is 20.1 Å². The Balaban J connectivity index is 2.67. The number of hydrogen-bond acceptors (Lipinski definition) is 3. The molecule has 0 atom stereocenters. The molecule has 1 aromatic rings. The van der Waals surface area contributed by atoms with Crippen molar-refractivity contribution in [3.8, 4) is 0 Å². The zero-order valence-electron chi connectivity index (χ0n) is 12.0. The van der Waals surface area contributed by atoms with E-state index < -0.39 is 10.0 Å². The van der Waals surface area contributed by atoms with Crippen molar-refractivity contribution in [2.75, 3.05) is 13.6 Å². The van der Waals surface area contributed by atoms with Gasteiger partial charge in [-0.3, -0.25) is 0 Å². The van der Waals surface area contributed by atoms with Crippen LogP contribution in [0.5, 0.6) is 0 Å². The van der Waals surface area contributed by atoms with Crippen molar-refractivity contribution in [2.45, 2.75) is 32.6 Å². The summed E-state index contributed by atoms with van der Waals surface area (Å²) < 4.78 is 25.8. The van der Waals surface area contributed by atoms with Gasteiger partial charge in [0.15, 0.2) is 0 Å². The molecule has 0 radical (unpaired) electrons. The molecule has 108 valence electrons. The number of hydrogen-bond donors (Lipinski definition) is 1. The van der Waals surface area contributed by atoms with Crippen LogP contribution in [0.1, 0.15) is 31.4 Å². The second-order valence-corrected chi connectivity index (χ2v) is 7.36. The van der Waals surface area contributed by atoms with Crippen LogP contribution in [0.4, 0.5) is 0 Å². The first kappa shape index (κ1) is 16.1. The molecular weight excluding hydrogens is 260 g/mol. The van der Waals surface area contributed by atoms with Crippen LogP contribution in [0.25, 0.3) is 0 Å². The molecule has 1 aromatic carbocycles. The summed E-state index contributed by atoms with van der Waals surface area (Å²) >= 11 is 0. The minimum atomic E-state index is -3.23. The summed E-state index contributed by atoms with van der Waals surface area (Å²) in [5, 5.41) is 0. The Hall–Kier alpha value is -0.910. The van der Waals surface area contributed by atoms with E-state index in [9.17, 15) is 8.42 Å². The fraction of sp³-hybridized carbons (Fsp3) is 0.571. The highest BCUT2D eigenvalue weighted by atomic mass is 32.2. The molecule has 4 nitrogen and oxygen atoms in total. The van der Waals surface area contributed by atoms with Gasteiger partial charge < -0.3 is 5.73 Å². The fourth-order valence-corrected chi connectivity index (χ4v) is 2.89. The predicted octanol–water partition coefficient (Wildman–Crippen LogP) is 1.95. The maximum absolute atomic E-state index is 12.2. The first-order valence-electron chi connectivity index (χ1n) is 6.57. The minimum Gasteiger partial charge on any atom is -0.326 e. The van der Waals surface area contributed by atoms with E-state index in [1.165, 1.54) is 4.31 Å². The molecule has 0 bridgehead atoms. The predicted molar refractivity (Wildman–Crippen MR) is 79.0 cm³/mol. The van der Waals surface area contributed by atoms with Crippen molar-refractivity contribution in [3.63, 3.8) is 0 Å². The second kappa shape index (κ2) is 7.03. The van der Waals surface area contributed by atoms with Crippen molar-refractivity contribution in [2.24, 2.45) is 11.7 Å². The fourth-order valence-electron chi connectivity index (χ4n) is 1.67. The number of nitrogens with two attached hydrogens (primary N) is 1. The third-order valence-corrected chi connectivity index (χ3v) is 4.93. The molecule has 0 aliphatic carbocycles. The van der Waals surface area contributed by atoms with Gasteiger partial charge in [-0.15, -0.1) is 0 Å². The third kappa shape index (κ3) is 5.30. The van der Waals surface area contributed by atoms with Crippen LogP contribution in [-0.4, -0.2) is 26.3 Å². The van der Waals surface area contributed by atoms with E-state index in [4.69, 9.17) is 5.73 Å². The minimum absolute atomic E-state index is 0.0481. The van der Waals surface area contributed by atoms with Crippen LogP contribution in [0.15, 0.2) is 24.3 Å². The topological polar surface area (TPSA) is 63.4 Å². The molecular formula is C14H24N2O2S. The number of rotatable bonds is 7. The Kier molecular flexibility index (Phi) is 5.97. The molecule has 0 amide bonds. The Morgan fingerprint density at radius 2 is 1.68 bits per heavy atom. The molecule has 0 saturated carbocycles. The summed E-state index contributed by atoms with van der Waals surface area (Å²) in [5.74, 6) is 0.549. The van der Waals surface area contributed by atoms with Crippen molar-refractivity contribution in [1.29, 1.82) is 0 Å². The van der Waals surface area contributed by atoms with Crippen molar-refractivity contribution in [1.82, 2.24) is 4.31 Å². The summed E-state index contributed by atoms with van der Waals surface area (Å²) in [6.07, 6.45) is 0.877. The van der Waals surface area contributed by atoms with E-state index in [-0.39, 0.29) is 5.75 Å². The van der Waals surface area contributed by atoms with Crippen LogP contribution < -0.4 is 5.73 Å². The molecule has 5 heteroatoms. The van der Waals surface area contributed by atoms with Gasteiger partial charge in [0.2, 0.25) is 10.0 Å². The third-order valence-electron chi connectivity index (χ3n) is 3.10. The van der Waals surface area contributed by atoms with Gasteiger partial charge >= 0.3 is 0 Å². The van der Waals surface area contributed by atoms with Crippen molar-refractivity contribution >= 4 is 10.0 Å². The Bertz CT molecular complexity index is 481. The van der Waals surface area contributed by atoms with Crippen LogP contribution in [0.2, 0.25) is 0 Å². The Labute approximate surface area is 116 Å². The number of nitrogens with zero attached hydrogens (tertiary/aromatic N) is 1. The maximum atomic E-state index is 12.2. The van der Waals surface area contributed by atoms with Gasteiger partial charge in [-0.1, -0.05) is 38.1 Å². The van der Waals surface area contributed by atoms with E-state index >= 15 is 0 Å². The van der Waals surface area contributed by atoms with E-state index in [1.807, 2.05) is 24.3 Å². The zero-order chi connectivity index (χ0) is 14.5. The normalized spacial score (nSPS) is 12.3. The summed E-state index contributed by atoms with van der Waals surface area (Å²) in [4.78, 5) is 0. The Morgan fingerprint density at radius 1 is 1.16 bits per heavy atom. The quantitative estimate of drug-likeness (QED) is 0.832. The lowest BCUT2D eigenvalue weighted by Crippen LogP contribution is -2.29. The van der Waals surface area contributed by atoms with Crippen LogP contribution in [0, 0.1) is 5.92 Å². The molecule has 0 aliphatic heterocycles. The molecule has 0 unspecified atom stereocenters. The van der Waals surface area contributed by atoms with Gasteiger partial charge in [-0.25, -0.2) is 12.7 Å². The maximum Gasteiger partial charge on any atom is 0.218 e. The van der Waals surface area contributed by atoms with E-state index in [1.54, 1.807) is 7.05 Å². The van der Waals surface area contributed by atoms with Gasteiger partial charge in [0.25, 0.3) is 0 Å². The molecule has 0 saturated heterocycles. The summed E-state index contributed by atoms with van der Waals surface area (Å²) in [7, 11) is -1.58. The monoisotopic (exact) mass is 284 g/mol. The number of benzene rings is 1. The first-order valence-corrected chi connectivity index (χ1v) is 8.18. The zero-order valence-corrected chi connectivity index (χ0v) is 12.8. The lowest BCUT2D eigenvalue weighted by molar-refractivity contribution is 0.427. The van der Waals surface area contributed by atoms with E-state index in [0.717, 1.165) is 17.5 Å². The second-order valence-electron chi connectivity index (χ2n) is 5.28. The first-order chi connectivity index (χ1) is 8.85. The molecule has 0 fully saturated rings. The van der Waals surface area contributed by atoms with Gasteiger partial charge in [0.1, 0.15) is 0 Å². The lowest BCUT2D eigenvalue weighted by Gasteiger charge is -2.18. The summed E-state index contributed by atoms with van der Waals surface area (Å²) in [5.41, 5.74) is 7.32. The molecule has 0 heterocycles. The SMILES string of the molecule is CC(C)CCN(C)S(=O)(=O)Cc1ccc(CN)cc1. The van der Waals surface area contributed by atoms with Crippen LogP contribution in [0.3, 0.4) is 0 Å². The molecule has 0 aromatic heterocycles. The summed E-state index contributed by atoms with van der Waals surface area (Å²) in [6, 6.07) is 7.41. The van der Waals surface area contributed by atoms with E-state index in [0.29, 0.717) is 19.0 Å². The van der Waals surface area contributed by atoms with Crippen LogP contribution >= 0.6 is 0 Å². The highest BCUT2D eigenvalue weighted by Crippen LogP contribution is 2.12. The smallest absolute Gasteiger partial charge is 0.218 e. The largest absolute Gasteiger partial charge is 0.326 e. The molecule has 1 rings (SSSR count). The molecule has 0 aliphatic rings. The molecule has 2 N–H and O–H groups in total. The standard InChI is InChI=1S/C14H24N2O2S/c1-12(2)8-9-16(3)19(17,18)11-14-6-4-13(10-15)5-7-14/h4-7,12H,8-11,15H2,1-3H3. The summed E-state index contributed by atoms with van der Waals surface area (Å²) in [6.45, 7) is 5.22. The Morgan fingerprint density at radius 3 is 2.16 bits per heavy atom. The molecule has 19 heavy (non-hydrogen) atoms. The molecule has 0 spiro atoms. The number of sulfonamides is 1. The van der Waals surface area contributed by atoms with Crippen LogP contribution in [-0.2, 0) is 22.3 Å². The highest BCUT2D eigenvalue weighted by Gasteiger charge is 2.18. The van der Waals surface area contributed by atoms with E-state index in [2.05, 4.69) is 13.8 Å². The van der Waals surface area contributed by atoms with Crippen molar-refractivity contribution < 1.29 is 8.42 Å². The van der Waals surface area contributed by atoms with Gasteiger partial charge in [-0.2, -0.15) is 0 Å². The highest BCUT2D eigenvalue weighted by molar-refractivity contribution is 7.88. The van der Waals surface area contributed by atoms with Crippen molar-refractivity contribution in [3.05, 3.63) is 35.4 Å².